The maximum absolute atomic E-state index is 12.5. The van der Waals surface area contributed by atoms with Crippen LogP contribution in [-0.2, 0) is 0 Å². The van der Waals surface area contributed by atoms with Gasteiger partial charge >= 0.3 is 0 Å². The van der Waals surface area contributed by atoms with Crippen LogP contribution in [0.5, 0.6) is 0 Å². The van der Waals surface area contributed by atoms with Gasteiger partial charge in [0.15, 0.2) is 5.83 Å². The second kappa shape index (κ2) is 3.12. The molecule has 0 nitrogen and oxygen atoms in total. The van der Waals surface area contributed by atoms with Gasteiger partial charge in [-0.2, -0.15) is 4.39 Å². The van der Waals surface area contributed by atoms with Crippen LogP contribution in [0.3, 0.4) is 0 Å². The van der Waals surface area contributed by atoms with Crippen molar-refractivity contribution in [3.8, 4) is 0 Å². The smallest absolute Gasteiger partial charge is 0.201 e. The van der Waals surface area contributed by atoms with E-state index in [-0.39, 0.29) is 4.88 Å². The molecule has 1 heterocycles. The van der Waals surface area contributed by atoms with Gasteiger partial charge in [-0.25, -0.2) is 4.39 Å². The van der Waals surface area contributed by atoms with E-state index in [4.69, 9.17) is 11.6 Å². The molecule has 0 bridgehead atoms. The van der Waals surface area contributed by atoms with Crippen LogP contribution in [0.15, 0.2) is 22.8 Å². The van der Waals surface area contributed by atoms with Crippen LogP contribution in [0.1, 0.15) is 4.88 Å². The summed E-state index contributed by atoms with van der Waals surface area (Å²) in [4.78, 5) is 0.215. The minimum Gasteiger partial charge on any atom is -0.201 e. The number of hydrogen-bond donors (Lipinski definition) is 0. The highest BCUT2D eigenvalue weighted by atomic mass is 35.5. The summed E-state index contributed by atoms with van der Waals surface area (Å²) in [5, 5.41) is 0.358. The Balaban J connectivity index is 2.99. The van der Waals surface area contributed by atoms with Gasteiger partial charge in [0.25, 0.3) is 0 Å². The molecule has 0 aromatic carbocycles. The molecule has 54 valence electrons. The van der Waals surface area contributed by atoms with Crippen molar-refractivity contribution in [1.29, 1.82) is 0 Å². The Morgan fingerprint density at radius 2 is 2.20 bits per heavy atom. The Morgan fingerprint density at radius 1 is 1.50 bits per heavy atom. The first-order valence-corrected chi connectivity index (χ1v) is 3.72. The predicted molar refractivity (Wildman–Crippen MR) is 39.3 cm³/mol. The molecule has 10 heavy (non-hydrogen) atoms. The van der Waals surface area contributed by atoms with Gasteiger partial charge in [0.05, 0.1) is 4.88 Å². The van der Waals surface area contributed by atoms with Crippen LogP contribution in [-0.4, -0.2) is 0 Å². The molecule has 0 fully saturated rings. The van der Waals surface area contributed by atoms with Crippen LogP contribution >= 0.6 is 22.9 Å². The average molecular weight is 181 g/mol. The van der Waals surface area contributed by atoms with E-state index in [0.717, 1.165) is 11.3 Å². The summed E-state index contributed by atoms with van der Waals surface area (Å²) in [6.07, 6.45) is 0. The number of rotatable bonds is 1. The second-order valence-electron chi connectivity index (χ2n) is 1.55. The van der Waals surface area contributed by atoms with Crippen LogP contribution in [0.4, 0.5) is 8.78 Å². The fraction of sp³-hybridized carbons (Fsp3) is 0. The maximum Gasteiger partial charge on any atom is 0.226 e. The van der Waals surface area contributed by atoms with Crippen molar-refractivity contribution in [1.82, 2.24) is 0 Å². The number of thiophene rings is 1. The van der Waals surface area contributed by atoms with Crippen LogP contribution < -0.4 is 0 Å². The van der Waals surface area contributed by atoms with Gasteiger partial charge in [-0.1, -0.05) is 6.07 Å². The average Bonchev–Trinajstić information content (AvgIpc) is 2.36. The molecule has 1 rings (SSSR count). The molecule has 0 N–H and O–H groups in total. The van der Waals surface area contributed by atoms with Crippen molar-refractivity contribution >= 4 is 28.8 Å². The van der Waals surface area contributed by atoms with E-state index in [1.807, 2.05) is 0 Å². The standard InChI is InChI=1S/C6H3ClF2S/c7-6(9)5(8)4-2-1-3-10-4/h1-3H/b6-5+. The first kappa shape index (κ1) is 7.69. The first-order chi connectivity index (χ1) is 4.72. The molecule has 0 atom stereocenters. The topological polar surface area (TPSA) is 0 Å². The molecule has 0 spiro atoms. The molecule has 0 aliphatic carbocycles. The molecule has 0 aliphatic heterocycles. The lowest BCUT2D eigenvalue weighted by molar-refractivity contribution is 0.652. The zero-order valence-corrected chi connectivity index (χ0v) is 6.35. The summed E-state index contributed by atoms with van der Waals surface area (Å²) in [5.74, 6) is -0.989. The lowest BCUT2D eigenvalue weighted by atomic mass is 10.4. The van der Waals surface area contributed by atoms with E-state index in [1.54, 1.807) is 11.4 Å². The van der Waals surface area contributed by atoms with Gasteiger partial charge in [0, 0.05) is 0 Å². The Kier molecular flexibility index (Phi) is 2.40. The van der Waals surface area contributed by atoms with Gasteiger partial charge in [-0.15, -0.1) is 11.3 Å². The van der Waals surface area contributed by atoms with Crippen molar-refractivity contribution in [3.63, 3.8) is 0 Å². The summed E-state index contributed by atoms with van der Waals surface area (Å²) in [6.45, 7) is 0. The van der Waals surface area contributed by atoms with E-state index < -0.39 is 11.1 Å². The summed E-state index contributed by atoms with van der Waals surface area (Å²) < 4.78 is 24.4. The molecule has 0 unspecified atom stereocenters. The molecule has 0 saturated carbocycles. The largest absolute Gasteiger partial charge is 0.226 e. The van der Waals surface area contributed by atoms with Gasteiger partial charge in [-0.05, 0) is 23.0 Å². The summed E-state index contributed by atoms with van der Waals surface area (Å²) in [7, 11) is 0. The van der Waals surface area contributed by atoms with Gasteiger partial charge in [0.2, 0.25) is 5.29 Å². The molecule has 0 saturated heterocycles. The highest BCUT2D eigenvalue weighted by molar-refractivity contribution is 7.11. The molecular formula is C6H3ClF2S. The quantitative estimate of drug-likeness (QED) is 0.620. The van der Waals surface area contributed by atoms with Crippen molar-refractivity contribution in [2.24, 2.45) is 0 Å². The van der Waals surface area contributed by atoms with Crippen molar-refractivity contribution in [3.05, 3.63) is 27.7 Å². The van der Waals surface area contributed by atoms with E-state index in [9.17, 15) is 8.78 Å². The van der Waals surface area contributed by atoms with Gasteiger partial charge in [-0.3, -0.25) is 0 Å². The van der Waals surface area contributed by atoms with Crippen molar-refractivity contribution < 1.29 is 8.78 Å². The summed E-state index contributed by atoms with van der Waals surface area (Å²) in [5.41, 5.74) is 0. The Labute approximate surface area is 65.7 Å². The fourth-order valence-electron chi connectivity index (χ4n) is 0.497. The minimum atomic E-state index is -1.29. The van der Waals surface area contributed by atoms with Crippen molar-refractivity contribution in [2.45, 2.75) is 0 Å². The van der Waals surface area contributed by atoms with Gasteiger partial charge < -0.3 is 0 Å². The summed E-state index contributed by atoms with van der Waals surface area (Å²) in [6, 6.07) is 3.08. The molecule has 1 aromatic rings. The maximum atomic E-state index is 12.5. The first-order valence-electron chi connectivity index (χ1n) is 2.46. The third-order valence-electron chi connectivity index (χ3n) is 0.903. The van der Waals surface area contributed by atoms with Crippen LogP contribution in [0.2, 0.25) is 0 Å². The third-order valence-corrected chi connectivity index (χ3v) is 1.93. The van der Waals surface area contributed by atoms with E-state index >= 15 is 0 Å². The molecular weight excluding hydrogens is 178 g/mol. The third kappa shape index (κ3) is 1.55. The monoisotopic (exact) mass is 180 g/mol. The van der Waals surface area contributed by atoms with Gasteiger partial charge in [0.1, 0.15) is 0 Å². The Bertz CT molecular complexity index is 236. The number of hydrogen-bond acceptors (Lipinski definition) is 1. The molecule has 1 aromatic heterocycles. The van der Waals surface area contributed by atoms with Crippen molar-refractivity contribution in [2.75, 3.05) is 0 Å². The zero-order chi connectivity index (χ0) is 7.56. The second-order valence-corrected chi connectivity index (χ2v) is 2.83. The molecule has 0 aliphatic rings. The van der Waals surface area contributed by atoms with Crippen LogP contribution in [0.25, 0.3) is 5.83 Å². The predicted octanol–water partition coefficient (Wildman–Crippen LogP) is 3.55. The van der Waals surface area contributed by atoms with Crippen LogP contribution in [0, 0.1) is 0 Å². The van der Waals surface area contributed by atoms with E-state index in [2.05, 4.69) is 0 Å². The lowest BCUT2D eigenvalue weighted by Crippen LogP contribution is -1.68. The zero-order valence-electron chi connectivity index (χ0n) is 4.77. The lowest BCUT2D eigenvalue weighted by Gasteiger charge is -1.87. The number of halogens is 3. The normalized spacial score (nSPS) is 13.1. The Morgan fingerprint density at radius 3 is 2.60 bits per heavy atom. The highest BCUT2D eigenvalue weighted by Crippen LogP contribution is 2.26. The van der Waals surface area contributed by atoms with E-state index in [1.165, 1.54) is 6.07 Å². The summed E-state index contributed by atoms with van der Waals surface area (Å²) >= 11 is 5.87. The fourth-order valence-corrected chi connectivity index (χ4v) is 1.31. The molecule has 4 heteroatoms. The SMILES string of the molecule is F/C(Cl)=C(/F)c1cccs1. The highest BCUT2D eigenvalue weighted by Gasteiger charge is 2.06. The Hall–Kier alpha value is -0.410. The molecule has 0 amide bonds. The van der Waals surface area contributed by atoms with E-state index in [0.29, 0.717) is 0 Å². The molecule has 0 radical (unpaired) electrons. The minimum absolute atomic E-state index is 0.215.